The third-order valence-electron chi connectivity index (χ3n) is 7.16. The molecule has 176 valence electrons. The monoisotopic (exact) mass is 484 g/mol. The molecule has 0 spiro atoms. The molecule has 2 aliphatic heterocycles. The molecule has 0 aromatic heterocycles. The van der Waals surface area contributed by atoms with Gasteiger partial charge in [0, 0.05) is 18.1 Å². The van der Waals surface area contributed by atoms with Crippen LogP contribution in [0.5, 0.6) is 0 Å². The Morgan fingerprint density at radius 1 is 1.22 bits per heavy atom. The molecule has 0 bridgehead atoms. The second-order valence-corrected chi connectivity index (χ2v) is 11.8. The normalized spacial score (nSPS) is 32.7. The predicted octanol–water partition coefficient (Wildman–Crippen LogP) is 2.63. The Hall–Kier alpha value is -1.39. The second-order valence-electron chi connectivity index (χ2n) is 9.49. The van der Waals surface area contributed by atoms with Gasteiger partial charge in [0.15, 0.2) is 0 Å². The highest BCUT2D eigenvalue weighted by molar-refractivity contribution is 7.89. The standard InChI is InChI=1S/C22H29ClN2O6S/c1-14-20(15-2-3-15)25(32(28,29)18-6-4-16(23)5-7-18)19(13-30-14)22(9-10-22)31-21(27)24-11-8-17(26)12-24/h4-7,14-15,17,19-20,26H,2-3,8-13H2,1H3/t14-,17+,19+,20-/m0/s1. The number of nitrogens with zero attached hydrogens (tertiary/aromatic N) is 2. The summed E-state index contributed by atoms with van der Waals surface area (Å²) < 4.78 is 41.4. The third kappa shape index (κ3) is 4.03. The SMILES string of the molecule is C[C@@H]1OC[C@H](C2(OC(=O)N3CC[C@@H](O)C3)CC2)N(S(=O)(=O)c2ccc(Cl)cc2)[C@@H]1C1CC1. The first-order valence-corrected chi connectivity index (χ1v) is 13.1. The summed E-state index contributed by atoms with van der Waals surface area (Å²) in [6, 6.07) is 5.29. The van der Waals surface area contributed by atoms with Gasteiger partial charge in [0.1, 0.15) is 5.60 Å². The Morgan fingerprint density at radius 2 is 1.91 bits per heavy atom. The van der Waals surface area contributed by atoms with Crippen molar-refractivity contribution in [2.75, 3.05) is 19.7 Å². The molecule has 4 aliphatic rings. The lowest BCUT2D eigenvalue weighted by Gasteiger charge is -2.47. The minimum atomic E-state index is -3.87. The van der Waals surface area contributed by atoms with Crippen molar-refractivity contribution in [3.05, 3.63) is 29.3 Å². The van der Waals surface area contributed by atoms with Gasteiger partial charge in [-0.15, -0.1) is 0 Å². The summed E-state index contributed by atoms with van der Waals surface area (Å²) in [5.74, 6) is 0.232. The van der Waals surface area contributed by atoms with E-state index in [4.69, 9.17) is 21.1 Å². The van der Waals surface area contributed by atoms with Gasteiger partial charge in [0.05, 0.1) is 35.8 Å². The zero-order valence-electron chi connectivity index (χ0n) is 18.0. The van der Waals surface area contributed by atoms with Gasteiger partial charge >= 0.3 is 6.09 Å². The number of carbonyl (C=O) groups excluding carboxylic acids is 1. The van der Waals surface area contributed by atoms with Crippen LogP contribution in [0.25, 0.3) is 0 Å². The maximum atomic E-state index is 13.9. The highest BCUT2D eigenvalue weighted by Crippen LogP contribution is 2.51. The summed E-state index contributed by atoms with van der Waals surface area (Å²) in [5.41, 5.74) is -0.905. The van der Waals surface area contributed by atoms with Gasteiger partial charge in [-0.05, 0) is 69.2 Å². The van der Waals surface area contributed by atoms with Crippen LogP contribution in [0.3, 0.4) is 0 Å². The molecule has 2 heterocycles. The van der Waals surface area contributed by atoms with Crippen molar-refractivity contribution < 1.29 is 27.8 Å². The van der Waals surface area contributed by atoms with Gasteiger partial charge in [-0.3, -0.25) is 0 Å². The number of β-amino-alcohol motifs (C(OH)–C–C–N with tert-alkyl or cyclic N) is 1. The van der Waals surface area contributed by atoms with Crippen LogP contribution >= 0.6 is 11.6 Å². The van der Waals surface area contributed by atoms with Crippen molar-refractivity contribution in [2.24, 2.45) is 5.92 Å². The van der Waals surface area contributed by atoms with Crippen LogP contribution in [-0.2, 0) is 19.5 Å². The molecule has 1 N–H and O–H groups in total. The van der Waals surface area contributed by atoms with E-state index in [-0.39, 0.29) is 36.1 Å². The van der Waals surface area contributed by atoms with Gasteiger partial charge in [-0.2, -0.15) is 4.31 Å². The molecule has 2 aliphatic carbocycles. The number of amides is 1. The molecule has 4 fully saturated rings. The van der Waals surface area contributed by atoms with Gasteiger partial charge in [-0.1, -0.05) is 11.6 Å². The van der Waals surface area contributed by atoms with Crippen molar-refractivity contribution in [3.8, 4) is 0 Å². The fraction of sp³-hybridized carbons (Fsp3) is 0.682. The predicted molar refractivity (Wildman–Crippen MR) is 117 cm³/mol. The first kappa shape index (κ1) is 22.4. The number of aliphatic hydroxyl groups is 1. The van der Waals surface area contributed by atoms with Gasteiger partial charge < -0.3 is 19.5 Å². The van der Waals surface area contributed by atoms with E-state index in [0.29, 0.717) is 30.8 Å². The number of carbonyl (C=O) groups is 1. The van der Waals surface area contributed by atoms with Crippen LogP contribution < -0.4 is 0 Å². The summed E-state index contributed by atoms with van der Waals surface area (Å²) in [5, 5.41) is 10.2. The van der Waals surface area contributed by atoms with Gasteiger partial charge in [-0.25, -0.2) is 13.2 Å². The average molecular weight is 485 g/mol. The van der Waals surface area contributed by atoms with E-state index < -0.39 is 33.9 Å². The Morgan fingerprint density at radius 3 is 2.47 bits per heavy atom. The minimum absolute atomic E-state index is 0.174. The Bertz CT molecular complexity index is 979. The molecule has 32 heavy (non-hydrogen) atoms. The molecular weight excluding hydrogens is 456 g/mol. The van der Waals surface area contributed by atoms with Crippen molar-refractivity contribution in [2.45, 2.75) is 73.8 Å². The summed E-state index contributed by atoms with van der Waals surface area (Å²) in [6.45, 7) is 2.77. The van der Waals surface area contributed by atoms with E-state index in [2.05, 4.69) is 0 Å². The lowest BCUT2D eigenvalue weighted by atomic mass is 9.99. The minimum Gasteiger partial charge on any atom is -0.441 e. The molecule has 1 aromatic carbocycles. The van der Waals surface area contributed by atoms with Crippen molar-refractivity contribution in [1.82, 2.24) is 9.21 Å². The Balaban J connectivity index is 1.47. The third-order valence-corrected chi connectivity index (χ3v) is 9.33. The molecule has 2 saturated carbocycles. The molecule has 10 heteroatoms. The molecule has 1 aromatic rings. The molecule has 5 rings (SSSR count). The quantitative estimate of drug-likeness (QED) is 0.690. The van der Waals surface area contributed by atoms with E-state index in [9.17, 15) is 18.3 Å². The average Bonchev–Trinajstić information content (AvgIpc) is 3.68. The first-order chi connectivity index (χ1) is 15.2. The maximum Gasteiger partial charge on any atom is 0.410 e. The lowest BCUT2D eigenvalue weighted by Crippen LogP contribution is -2.64. The van der Waals surface area contributed by atoms with E-state index in [1.807, 2.05) is 6.92 Å². The van der Waals surface area contributed by atoms with E-state index in [0.717, 1.165) is 12.8 Å². The van der Waals surface area contributed by atoms with Crippen LogP contribution in [-0.4, -0.2) is 78.4 Å². The number of ether oxygens (including phenoxy) is 2. The summed E-state index contributed by atoms with van der Waals surface area (Å²) in [6.07, 6.45) is 2.31. The number of hydrogen-bond donors (Lipinski definition) is 1. The van der Waals surface area contributed by atoms with Crippen molar-refractivity contribution in [3.63, 3.8) is 0 Å². The fourth-order valence-electron chi connectivity index (χ4n) is 5.07. The topological polar surface area (TPSA) is 96.4 Å². The van der Waals surface area contributed by atoms with Gasteiger partial charge in [0.25, 0.3) is 0 Å². The number of sulfonamides is 1. The number of benzene rings is 1. The molecular formula is C22H29ClN2O6S. The maximum absolute atomic E-state index is 13.9. The number of likely N-dealkylation sites (tertiary alicyclic amines) is 1. The van der Waals surface area contributed by atoms with Crippen LogP contribution in [0.2, 0.25) is 5.02 Å². The highest BCUT2D eigenvalue weighted by atomic mass is 35.5. The molecule has 0 radical (unpaired) electrons. The molecule has 2 saturated heterocycles. The van der Waals surface area contributed by atoms with Gasteiger partial charge in [0.2, 0.25) is 10.0 Å². The smallest absolute Gasteiger partial charge is 0.410 e. The van der Waals surface area contributed by atoms with Crippen molar-refractivity contribution >= 4 is 27.7 Å². The zero-order chi connectivity index (χ0) is 22.7. The van der Waals surface area contributed by atoms with E-state index in [1.165, 1.54) is 17.0 Å². The van der Waals surface area contributed by atoms with E-state index in [1.54, 1.807) is 16.4 Å². The summed E-state index contributed by atoms with van der Waals surface area (Å²) in [4.78, 5) is 14.5. The van der Waals surface area contributed by atoms with Crippen LogP contribution in [0.4, 0.5) is 4.79 Å². The number of morpholine rings is 1. The van der Waals surface area contributed by atoms with Crippen LogP contribution in [0, 0.1) is 5.92 Å². The molecule has 1 amide bonds. The number of halogens is 1. The number of rotatable bonds is 5. The Labute approximate surface area is 193 Å². The first-order valence-electron chi connectivity index (χ1n) is 11.3. The number of aliphatic hydroxyl groups excluding tert-OH is 1. The Kier molecular flexibility index (Phi) is 5.69. The highest BCUT2D eigenvalue weighted by Gasteiger charge is 2.63. The van der Waals surface area contributed by atoms with Crippen molar-refractivity contribution in [1.29, 1.82) is 0 Å². The summed E-state index contributed by atoms with van der Waals surface area (Å²) >= 11 is 5.99. The molecule has 8 nitrogen and oxygen atoms in total. The summed E-state index contributed by atoms with van der Waals surface area (Å²) in [7, 11) is -3.87. The second kappa shape index (κ2) is 8.13. The number of hydrogen-bond acceptors (Lipinski definition) is 6. The lowest BCUT2D eigenvalue weighted by molar-refractivity contribution is -0.109. The van der Waals surface area contributed by atoms with Crippen LogP contribution in [0.15, 0.2) is 29.2 Å². The van der Waals surface area contributed by atoms with Crippen LogP contribution in [0.1, 0.15) is 39.0 Å². The molecule has 0 unspecified atom stereocenters. The van der Waals surface area contributed by atoms with E-state index >= 15 is 0 Å². The zero-order valence-corrected chi connectivity index (χ0v) is 19.6. The molecule has 4 atom stereocenters. The fourth-order valence-corrected chi connectivity index (χ4v) is 7.17. The largest absolute Gasteiger partial charge is 0.441 e.